The highest BCUT2D eigenvalue weighted by molar-refractivity contribution is 5.76. The minimum Gasteiger partial charge on any atom is -0.497 e. The summed E-state index contributed by atoms with van der Waals surface area (Å²) in [5, 5.41) is 8.75. The van der Waals surface area contributed by atoms with E-state index in [4.69, 9.17) is 4.74 Å². The van der Waals surface area contributed by atoms with Gasteiger partial charge in [-0.05, 0) is 49.2 Å². The molecular formula is C22H26FN5O2. The average molecular weight is 411 g/mol. The molecule has 1 saturated heterocycles. The van der Waals surface area contributed by atoms with E-state index in [1.54, 1.807) is 7.11 Å². The van der Waals surface area contributed by atoms with Crippen molar-refractivity contribution in [2.24, 2.45) is 0 Å². The zero-order chi connectivity index (χ0) is 20.9. The number of urea groups is 1. The molecule has 158 valence electrons. The fourth-order valence-electron chi connectivity index (χ4n) is 3.70. The number of para-hydroxylation sites is 2. The lowest BCUT2D eigenvalue weighted by atomic mass is 10.0. The van der Waals surface area contributed by atoms with Crippen LogP contribution in [0.2, 0.25) is 0 Å². The van der Waals surface area contributed by atoms with Crippen LogP contribution in [0.1, 0.15) is 23.9 Å². The van der Waals surface area contributed by atoms with E-state index in [1.165, 1.54) is 0 Å². The van der Waals surface area contributed by atoms with Crippen molar-refractivity contribution in [3.8, 4) is 5.75 Å². The van der Waals surface area contributed by atoms with Crippen molar-refractivity contribution in [1.82, 2.24) is 25.9 Å². The Bertz CT molecular complexity index is 958. The Morgan fingerprint density at radius 1 is 1.27 bits per heavy atom. The molecule has 4 N–H and O–H groups in total. The second-order valence-electron chi connectivity index (χ2n) is 7.48. The third-order valence-corrected chi connectivity index (χ3v) is 5.37. The van der Waals surface area contributed by atoms with Crippen molar-refractivity contribution < 1.29 is 13.9 Å². The van der Waals surface area contributed by atoms with Crippen LogP contribution >= 0.6 is 0 Å². The van der Waals surface area contributed by atoms with Crippen LogP contribution in [0.15, 0.2) is 48.5 Å². The van der Waals surface area contributed by atoms with Crippen molar-refractivity contribution >= 4 is 17.1 Å². The van der Waals surface area contributed by atoms with Gasteiger partial charge in [-0.25, -0.2) is 14.2 Å². The Labute approximate surface area is 174 Å². The number of carbonyl (C=O) groups excluding carboxylic acids is 1. The molecule has 1 aromatic heterocycles. The Hall–Kier alpha value is -3.13. The first-order valence-electron chi connectivity index (χ1n) is 10.1. The summed E-state index contributed by atoms with van der Waals surface area (Å²) >= 11 is 0. The third-order valence-electron chi connectivity index (χ3n) is 5.37. The van der Waals surface area contributed by atoms with Crippen LogP contribution in [0, 0.1) is 0 Å². The summed E-state index contributed by atoms with van der Waals surface area (Å²) in [6.45, 7) is 0.939. The van der Waals surface area contributed by atoms with Crippen molar-refractivity contribution in [2.75, 3.05) is 20.2 Å². The van der Waals surface area contributed by atoms with Crippen molar-refractivity contribution in [2.45, 2.75) is 31.1 Å². The van der Waals surface area contributed by atoms with Gasteiger partial charge in [0.25, 0.3) is 0 Å². The molecule has 4 rings (SSSR count). The average Bonchev–Trinajstić information content (AvgIpc) is 3.20. The van der Waals surface area contributed by atoms with E-state index >= 15 is 0 Å². The van der Waals surface area contributed by atoms with Gasteiger partial charge in [0, 0.05) is 6.54 Å². The smallest absolute Gasteiger partial charge is 0.315 e. The first-order chi connectivity index (χ1) is 14.6. The molecule has 2 heterocycles. The van der Waals surface area contributed by atoms with Crippen LogP contribution in [0.4, 0.5) is 9.18 Å². The topological polar surface area (TPSA) is 91.1 Å². The number of imidazole rings is 1. The molecule has 2 aromatic carbocycles. The molecule has 2 amide bonds. The molecule has 1 unspecified atom stereocenters. The Morgan fingerprint density at radius 3 is 2.80 bits per heavy atom. The molecule has 7 nitrogen and oxygen atoms in total. The highest BCUT2D eigenvalue weighted by Crippen LogP contribution is 2.21. The van der Waals surface area contributed by atoms with Crippen molar-refractivity contribution in [3.63, 3.8) is 0 Å². The number of hydrogen-bond acceptors (Lipinski definition) is 4. The van der Waals surface area contributed by atoms with Crippen LogP contribution in [0.3, 0.4) is 0 Å². The zero-order valence-electron chi connectivity index (χ0n) is 16.8. The number of benzene rings is 2. The predicted octanol–water partition coefficient (Wildman–Crippen LogP) is 2.85. The number of rotatable bonds is 6. The normalized spacial score (nSPS) is 19.9. The van der Waals surface area contributed by atoms with Gasteiger partial charge < -0.3 is 25.7 Å². The summed E-state index contributed by atoms with van der Waals surface area (Å²) < 4.78 is 19.3. The van der Waals surface area contributed by atoms with Gasteiger partial charge in [-0.2, -0.15) is 0 Å². The first-order valence-corrected chi connectivity index (χ1v) is 10.1. The van der Waals surface area contributed by atoms with Gasteiger partial charge in [0.05, 0.1) is 30.2 Å². The van der Waals surface area contributed by atoms with Gasteiger partial charge in [0.1, 0.15) is 17.7 Å². The number of fused-ring (bicyclic) bond motifs is 1. The predicted molar refractivity (Wildman–Crippen MR) is 113 cm³/mol. The number of amides is 2. The molecule has 0 spiro atoms. The van der Waals surface area contributed by atoms with Gasteiger partial charge in [-0.1, -0.05) is 24.3 Å². The number of carbonyl (C=O) groups is 1. The van der Waals surface area contributed by atoms with Crippen LogP contribution in [0.25, 0.3) is 11.0 Å². The maximum Gasteiger partial charge on any atom is 0.315 e. The largest absolute Gasteiger partial charge is 0.497 e. The number of aromatic nitrogens is 2. The molecule has 0 radical (unpaired) electrons. The van der Waals surface area contributed by atoms with Gasteiger partial charge >= 0.3 is 6.03 Å². The summed E-state index contributed by atoms with van der Waals surface area (Å²) in [6, 6.07) is 14.1. The van der Waals surface area contributed by atoms with E-state index in [2.05, 4.69) is 25.9 Å². The lowest BCUT2D eigenvalue weighted by Crippen LogP contribution is -2.53. The number of nitrogens with zero attached hydrogens (tertiary/aromatic N) is 1. The van der Waals surface area contributed by atoms with Crippen LogP contribution in [-0.4, -0.2) is 48.4 Å². The van der Waals surface area contributed by atoms with Gasteiger partial charge in [-0.3, -0.25) is 0 Å². The number of alkyl halides is 1. The lowest BCUT2D eigenvalue weighted by Gasteiger charge is -2.28. The van der Waals surface area contributed by atoms with E-state index in [0.29, 0.717) is 25.2 Å². The second kappa shape index (κ2) is 9.13. The summed E-state index contributed by atoms with van der Waals surface area (Å²) in [6.07, 6.45) is -0.0130. The fourth-order valence-corrected chi connectivity index (χ4v) is 3.70. The lowest BCUT2D eigenvalue weighted by molar-refractivity contribution is 0.190. The molecule has 3 aromatic rings. The number of ether oxygens (including phenoxy) is 1. The van der Waals surface area contributed by atoms with E-state index in [1.807, 2.05) is 48.5 Å². The number of nitrogens with one attached hydrogen (secondary N) is 4. The number of halogens is 1. The summed E-state index contributed by atoms with van der Waals surface area (Å²) in [5.74, 6) is 1.42. The Kier molecular flexibility index (Phi) is 6.13. The SMILES string of the molecule is COc1ccc(CC(NC(=O)N[C@H]2CCNC[C@@H]2F)c2nc3ccccc3[nH]2)cc1. The molecule has 1 aliphatic rings. The van der Waals surface area contributed by atoms with E-state index < -0.39 is 24.3 Å². The molecule has 0 bridgehead atoms. The maximum absolute atomic E-state index is 14.1. The van der Waals surface area contributed by atoms with Crippen molar-refractivity contribution in [1.29, 1.82) is 0 Å². The van der Waals surface area contributed by atoms with Crippen LogP contribution in [0.5, 0.6) is 5.75 Å². The van der Waals surface area contributed by atoms with Crippen LogP contribution < -0.4 is 20.7 Å². The third kappa shape index (κ3) is 4.71. The summed E-state index contributed by atoms with van der Waals surface area (Å²) in [7, 11) is 1.62. The fraction of sp³-hybridized carbons (Fsp3) is 0.364. The molecule has 30 heavy (non-hydrogen) atoms. The quantitative estimate of drug-likeness (QED) is 0.502. The number of aromatic amines is 1. The standard InChI is InChI=1S/C22H26FN5O2/c1-30-15-8-6-14(7-9-15)12-20(21-25-18-4-2-3-5-19(18)26-21)28-22(29)27-17-10-11-24-13-16(17)23/h2-9,16-17,20,24H,10-13H2,1H3,(H,25,26)(H2,27,28,29)/t16-,17-,20?/m0/s1. The zero-order valence-corrected chi connectivity index (χ0v) is 16.8. The summed E-state index contributed by atoms with van der Waals surface area (Å²) in [4.78, 5) is 20.6. The molecule has 3 atom stereocenters. The molecule has 8 heteroatoms. The highest BCUT2D eigenvalue weighted by Gasteiger charge is 2.27. The number of hydrogen-bond donors (Lipinski definition) is 4. The van der Waals surface area contributed by atoms with E-state index in [0.717, 1.165) is 22.3 Å². The van der Waals surface area contributed by atoms with Gasteiger partial charge in [-0.15, -0.1) is 0 Å². The Morgan fingerprint density at radius 2 is 2.07 bits per heavy atom. The van der Waals surface area contributed by atoms with Crippen molar-refractivity contribution in [3.05, 3.63) is 59.9 Å². The Balaban J connectivity index is 1.53. The maximum atomic E-state index is 14.1. The second-order valence-corrected chi connectivity index (χ2v) is 7.48. The number of H-pyrrole nitrogens is 1. The molecular weight excluding hydrogens is 385 g/mol. The molecule has 0 aliphatic carbocycles. The first kappa shape index (κ1) is 20.2. The van der Waals surface area contributed by atoms with Gasteiger partial charge in [0.2, 0.25) is 0 Å². The monoisotopic (exact) mass is 411 g/mol. The molecule has 1 fully saturated rings. The minimum atomic E-state index is -1.10. The summed E-state index contributed by atoms with van der Waals surface area (Å²) in [5.41, 5.74) is 2.75. The number of piperidine rings is 1. The molecule has 0 saturated carbocycles. The van der Waals surface area contributed by atoms with Gasteiger partial charge in [0.15, 0.2) is 0 Å². The molecule has 1 aliphatic heterocycles. The van der Waals surface area contributed by atoms with E-state index in [-0.39, 0.29) is 6.54 Å². The minimum absolute atomic E-state index is 0.254. The van der Waals surface area contributed by atoms with Crippen LogP contribution in [-0.2, 0) is 6.42 Å². The van der Waals surface area contributed by atoms with E-state index in [9.17, 15) is 9.18 Å². The highest BCUT2D eigenvalue weighted by atomic mass is 19.1. The number of methoxy groups -OCH3 is 1.